The summed E-state index contributed by atoms with van der Waals surface area (Å²) in [7, 11) is 3.40. The van der Waals surface area contributed by atoms with E-state index < -0.39 is 0 Å². The fraction of sp³-hybridized carbons (Fsp3) is 0.462. The second-order valence-electron chi connectivity index (χ2n) is 4.15. The Bertz CT molecular complexity index is 493. The molecule has 0 aliphatic rings. The molecule has 1 aromatic carbocycles. The number of ether oxygens (including phenoxy) is 2. The smallest absolute Gasteiger partial charge is 0.121 e. The minimum absolute atomic E-state index is 0.262. The van der Waals surface area contributed by atoms with Gasteiger partial charge in [0, 0.05) is 19.6 Å². The molecule has 0 fully saturated rings. The van der Waals surface area contributed by atoms with Gasteiger partial charge < -0.3 is 14.5 Å². The predicted octanol–water partition coefficient (Wildman–Crippen LogP) is 2.54. The maximum absolute atomic E-state index is 5.22. The van der Waals surface area contributed by atoms with Crippen molar-refractivity contribution in [1.29, 1.82) is 0 Å². The average molecular weight is 234 g/mol. The zero-order valence-electron chi connectivity index (χ0n) is 10.5. The molecule has 92 valence electrons. The molecule has 0 aliphatic heterocycles. The van der Waals surface area contributed by atoms with Crippen molar-refractivity contribution < 1.29 is 9.47 Å². The van der Waals surface area contributed by atoms with Crippen LogP contribution in [0.2, 0.25) is 0 Å². The Morgan fingerprint density at radius 2 is 2.18 bits per heavy atom. The van der Waals surface area contributed by atoms with Crippen LogP contribution in [-0.4, -0.2) is 30.3 Å². The van der Waals surface area contributed by atoms with Gasteiger partial charge in [0.2, 0.25) is 0 Å². The van der Waals surface area contributed by atoms with Crippen LogP contribution in [-0.2, 0) is 11.2 Å². The molecule has 0 saturated heterocycles. The Labute approximate surface area is 101 Å². The molecule has 0 amide bonds. The summed E-state index contributed by atoms with van der Waals surface area (Å²) in [4.78, 5) is 7.83. The van der Waals surface area contributed by atoms with Gasteiger partial charge in [0.25, 0.3) is 0 Å². The Morgan fingerprint density at radius 1 is 1.35 bits per heavy atom. The Morgan fingerprint density at radius 3 is 2.88 bits per heavy atom. The van der Waals surface area contributed by atoms with Crippen LogP contribution in [0.25, 0.3) is 11.0 Å². The lowest BCUT2D eigenvalue weighted by Gasteiger charge is -2.06. The van der Waals surface area contributed by atoms with Crippen molar-refractivity contribution in [3.63, 3.8) is 0 Å². The first-order valence-corrected chi connectivity index (χ1v) is 5.78. The molecule has 1 N–H and O–H groups in total. The third-order valence-electron chi connectivity index (χ3n) is 2.93. The van der Waals surface area contributed by atoms with E-state index in [0.29, 0.717) is 0 Å². The number of hydrogen-bond donors (Lipinski definition) is 1. The van der Waals surface area contributed by atoms with Crippen molar-refractivity contribution in [3.05, 3.63) is 24.0 Å². The maximum atomic E-state index is 5.22. The molecule has 2 aromatic rings. The number of imidazole rings is 1. The maximum Gasteiger partial charge on any atom is 0.121 e. The minimum Gasteiger partial charge on any atom is -0.497 e. The number of rotatable bonds is 5. The molecular weight excluding hydrogens is 216 g/mol. The van der Waals surface area contributed by atoms with Crippen molar-refractivity contribution in [1.82, 2.24) is 9.97 Å². The van der Waals surface area contributed by atoms with Crippen molar-refractivity contribution in [3.8, 4) is 5.75 Å². The van der Waals surface area contributed by atoms with Gasteiger partial charge in [0.1, 0.15) is 11.6 Å². The summed E-state index contributed by atoms with van der Waals surface area (Å²) in [6, 6.07) is 5.85. The van der Waals surface area contributed by atoms with Crippen molar-refractivity contribution in [2.24, 2.45) is 0 Å². The summed E-state index contributed by atoms with van der Waals surface area (Å²) in [5, 5.41) is 0. The highest BCUT2D eigenvalue weighted by atomic mass is 16.5. The van der Waals surface area contributed by atoms with Crippen LogP contribution >= 0.6 is 0 Å². The largest absolute Gasteiger partial charge is 0.497 e. The summed E-state index contributed by atoms with van der Waals surface area (Å²) in [5.41, 5.74) is 2.00. The summed E-state index contributed by atoms with van der Waals surface area (Å²) in [6.45, 7) is 2.06. The van der Waals surface area contributed by atoms with E-state index in [2.05, 4.69) is 16.9 Å². The number of aryl methyl sites for hydroxylation is 1. The number of methoxy groups -OCH3 is 2. The zero-order chi connectivity index (χ0) is 12.3. The lowest BCUT2D eigenvalue weighted by atomic mass is 10.2. The SMILES string of the molecule is COc1ccc2nc(CCC(C)OC)[nH]c2c1. The molecule has 1 aromatic heterocycles. The topological polar surface area (TPSA) is 47.1 Å². The highest BCUT2D eigenvalue weighted by molar-refractivity contribution is 5.76. The van der Waals surface area contributed by atoms with Crippen LogP contribution in [0.5, 0.6) is 5.75 Å². The van der Waals surface area contributed by atoms with Gasteiger partial charge in [-0.3, -0.25) is 0 Å². The van der Waals surface area contributed by atoms with Gasteiger partial charge in [-0.1, -0.05) is 0 Å². The fourth-order valence-electron chi connectivity index (χ4n) is 1.74. The van der Waals surface area contributed by atoms with E-state index in [9.17, 15) is 0 Å². The first kappa shape index (κ1) is 11.9. The van der Waals surface area contributed by atoms with Crippen molar-refractivity contribution in [2.45, 2.75) is 25.9 Å². The lowest BCUT2D eigenvalue weighted by molar-refractivity contribution is 0.111. The van der Waals surface area contributed by atoms with E-state index in [1.807, 2.05) is 18.2 Å². The molecule has 0 spiro atoms. The number of aromatic amines is 1. The van der Waals surface area contributed by atoms with Crippen molar-refractivity contribution in [2.75, 3.05) is 14.2 Å². The summed E-state index contributed by atoms with van der Waals surface area (Å²) >= 11 is 0. The van der Waals surface area contributed by atoms with Gasteiger partial charge in [-0.25, -0.2) is 4.98 Å². The first-order chi connectivity index (χ1) is 8.22. The molecule has 0 bridgehead atoms. The fourth-order valence-corrected chi connectivity index (χ4v) is 1.74. The molecular formula is C13H18N2O2. The average Bonchev–Trinajstić information content (AvgIpc) is 2.77. The normalized spacial score (nSPS) is 12.9. The molecule has 1 heterocycles. The number of hydrogen-bond acceptors (Lipinski definition) is 3. The van der Waals surface area contributed by atoms with Gasteiger partial charge in [-0.2, -0.15) is 0 Å². The number of nitrogens with zero attached hydrogens (tertiary/aromatic N) is 1. The summed E-state index contributed by atoms with van der Waals surface area (Å²) in [5.74, 6) is 1.84. The van der Waals surface area contributed by atoms with E-state index in [-0.39, 0.29) is 6.10 Å². The quantitative estimate of drug-likeness (QED) is 0.864. The summed E-state index contributed by atoms with van der Waals surface area (Å²) in [6.07, 6.45) is 2.12. The molecule has 4 heteroatoms. The number of nitrogens with one attached hydrogen (secondary N) is 1. The van der Waals surface area contributed by atoms with Crippen LogP contribution in [0.1, 0.15) is 19.2 Å². The van der Waals surface area contributed by atoms with Crippen LogP contribution in [0.4, 0.5) is 0 Å². The highest BCUT2D eigenvalue weighted by Crippen LogP contribution is 2.19. The monoisotopic (exact) mass is 234 g/mol. The molecule has 1 atom stereocenters. The molecule has 17 heavy (non-hydrogen) atoms. The minimum atomic E-state index is 0.262. The van der Waals surface area contributed by atoms with Crippen LogP contribution in [0.15, 0.2) is 18.2 Å². The van der Waals surface area contributed by atoms with Gasteiger partial charge in [-0.05, 0) is 25.5 Å². The number of benzene rings is 1. The van der Waals surface area contributed by atoms with Gasteiger partial charge in [0.15, 0.2) is 0 Å². The van der Waals surface area contributed by atoms with Crippen molar-refractivity contribution >= 4 is 11.0 Å². The van der Waals surface area contributed by atoms with Crippen LogP contribution in [0.3, 0.4) is 0 Å². The second-order valence-corrected chi connectivity index (χ2v) is 4.15. The van der Waals surface area contributed by atoms with E-state index >= 15 is 0 Å². The second kappa shape index (κ2) is 5.19. The molecule has 0 aliphatic carbocycles. The van der Waals surface area contributed by atoms with E-state index in [0.717, 1.165) is 35.4 Å². The van der Waals surface area contributed by atoms with Crippen LogP contribution < -0.4 is 4.74 Å². The predicted molar refractivity (Wildman–Crippen MR) is 67.4 cm³/mol. The number of H-pyrrole nitrogens is 1. The first-order valence-electron chi connectivity index (χ1n) is 5.78. The molecule has 1 unspecified atom stereocenters. The lowest BCUT2D eigenvalue weighted by Crippen LogP contribution is -2.06. The van der Waals surface area contributed by atoms with Gasteiger partial charge in [-0.15, -0.1) is 0 Å². The third-order valence-corrected chi connectivity index (χ3v) is 2.93. The van der Waals surface area contributed by atoms with E-state index in [1.165, 1.54) is 0 Å². The molecule has 2 rings (SSSR count). The zero-order valence-corrected chi connectivity index (χ0v) is 10.5. The number of aromatic nitrogens is 2. The molecule has 0 radical (unpaired) electrons. The summed E-state index contributed by atoms with van der Waals surface area (Å²) < 4.78 is 10.4. The van der Waals surface area contributed by atoms with Gasteiger partial charge in [0.05, 0.1) is 24.2 Å². The van der Waals surface area contributed by atoms with Gasteiger partial charge >= 0.3 is 0 Å². The Hall–Kier alpha value is -1.55. The van der Waals surface area contributed by atoms with E-state index in [1.54, 1.807) is 14.2 Å². The third kappa shape index (κ3) is 2.77. The standard InChI is InChI=1S/C13H18N2O2/c1-9(16-2)4-7-13-14-11-6-5-10(17-3)8-12(11)15-13/h5-6,8-9H,4,7H2,1-3H3,(H,14,15). The Balaban J connectivity index is 2.14. The highest BCUT2D eigenvalue weighted by Gasteiger charge is 2.06. The number of fused-ring (bicyclic) bond motifs is 1. The van der Waals surface area contributed by atoms with E-state index in [4.69, 9.17) is 9.47 Å². The molecule has 0 saturated carbocycles. The molecule has 4 nitrogen and oxygen atoms in total. The van der Waals surface area contributed by atoms with Crippen LogP contribution in [0, 0.1) is 0 Å². The Kier molecular flexibility index (Phi) is 3.64.